The summed E-state index contributed by atoms with van der Waals surface area (Å²) in [6, 6.07) is 17.4. The molecule has 0 aromatic heterocycles. The first-order valence-electron chi connectivity index (χ1n) is 10.8. The predicted molar refractivity (Wildman–Crippen MR) is 124 cm³/mol. The highest BCUT2D eigenvalue weighted by molar-refractivity contribution is 5.95. The van der Waals surface area contributed by atoms with E-state index in [2.05, 4.69) is 26.0 Å². The second-order valence-electron chi connectivity index (χ2n) is 8.79. The Labute approximate surface area is 188 Å². The number of primary amides is 1. The van der Waals surface area contributed by atoms with Gasteiger partial charge < -0.3 is 15.2 Å². The number of Topliss-reactive ketones (excluding diaryl/α,β-unsaturated/α-hetero) is 1. The van der Waals surface area contributed by atoms with E-state index in [0.29, 0.717) is 12.0 Å². The number of rotatable bonds is 6. The second kappa shape index (κ2) is 7.52. The van der Waals surface area contributed by atoms with Gasteiger partial charge in [-0.2, -0.15) is 0 Å². The van der Waals surface area contributed by atoms with Crippen molar-refractivity contribution in [3.8, 4) is 22.6 Å². The Bertz CT molecular complexity index is 1250. The summed E-state index contributed by atoms with van der Waals surface area (Å²) >= 11 is 0. The van der Waals surface area contributed by atoms with Gasteiger partial charge in [0.15, 0.2) is 11.5 Å². The van der Waals surface area contributed by atoms with Gasteiger partial charge in [0.1, 0.15) is 5.78 Å². The molecule has 1 aliphatic carbocycles. The largest absolute Gasteiger partial charge is 0.454 e. The summed E-state index contributed by atoms with van der Waals surface area (Å²) in [5.74, 6) is 1.24. The van der Waals surface area contributed by atoms with Crippen LogP contribution in [-0.4, -0.2) is 18.5 Å². The van der Waals surface area contributed by atoms with E-state index in [1.807, 2.05) is 30.3 Å². The Hall–Kier alpha value is -3.60. The summed E-state index contributed by atoms with van der Waals surface area (Å²) < 4.78 is 10.9. The van der Waals surface area contributed by atoms with Gasteiger partial charge in [0.2, 0.25) is 12.7 Å². The number of carbonyl (C=O) groups is 2. The molecular formula is C27H27NO4. The van der Waals surface area contributed by atoms with Gasteiger partial charge in [-0.05, 0) is 84.3 Å². The van der Waals surface area contributed by atoms with Crippen molar-refractivity contribution in [3.05, 3.63) is 82.4 Å². The number of amides is 1. The lowest BCUT2D eigenvalue weighted by molar-refractivity contribution is -0.120. The Morgan fingerprint density at radius 1 is 0.938 bits per heavy atom. The zero-order valence-corrected chi connectivity index (χ0v) is 18.2. The molecular weight excluding hydrogens is 402 g/mol. The summed E-state index contributed by atoms with van der Waals surface area (Å²) in [5, 5.41) is 0. The average Bonchev–Trinajstić information content (AvgIpc) is 3.46. The lowest BCUT2D eigenvalue weighted by Crippen LogP contribution is -2.23. The number of carbonyl (C=O) groups excluding carboxylic acids is 2. The van der Waals surface area contributed by atoms with Crippen molar-refractivity contribution >= 4 is 11.7 Å². The number of ether oxygens (including phenoxy) is 2. The van der Waals surface area contributed by atoms with E-state index in [1.54, 1.807) is 12.1 Å². The summed E-state index contributed by atoms with van der Waals surface area (Å²) in [6.07, 6.45) is 2.10. The monoisotopic (exact) mass is 429 g/mol. The number of aryl methyl sites for hydroxylation is 2. The van der Waals surface area contributed by atoms with Crippen molar-refractivity contribution in [2.45, 2.75) is 38.5 Å². The Balaban J connectivity index is 0.00000259. The fraction of sp³-hybridized carbons (Fsp3) is 0.259. The maximum Gasteiger partial charge on any atom is 0.248 e. The van der Waals surface area contributed by atoms with Crippen molar-refractivity contribution in [3.63, 3.8) is 0 Å². The Kier molecular flexibility index (Phi) is 4.77. The molecule has 1 saturated carbocycles. The van der Waals surface area contributed by atoms with Crippen LogP contribution >= 0.6 is 0 Å². The normalized spacial score (nSPS) is 15.4. The highest BCUT2D eigenvalue weighted by atomic mass is 16.7. The predicted octanol–water partition coefficient (Wildman–Crippen LogP) is 4.89. The fourth-order valence-electron chi connectivity index (χ4n) is 4.60. The maximum atomic E-state index is 13.5. The molecule has 3 aromatic carbocycles. The Morgan fingerprint density at radius 3 is 2.34 bits per heavy atom. The van der Waals surface area contributed by atoms with E-state index in [1.165, 1.54) is 0 Å². The van der Waals surface area contributed by atoms with Gasteiger partial charge in [0.05, 0.1) is 5.41 Å². The zero-order chi connectivity index (χ0) is 22.5. The number of ketones is 1. The van der Waals surface area contributed by atoms with Crippen LogP contribution in [0.15, 0.2) is 54.6 Å². The minimum Gasteiger partial charge on any atom is -0.454 e. The number of hydrogen-bond acceptors (Lipinski definition) is 4. The maximum absolute atomic E-state index is 13.5. The molecule has 5 rings (SSSR count). The standard InChI is InChI=1S/C27H25NO4.H2/c1-16-11-17(2)22(18-3-5-19(6-4-18)26(28)30)12-20(16)13-25(29)27(9-10-27)21-7-8-23-24(14-21)32-15-31-23;/h3-8,11-12,14H,9-10,13,15H2,1-2H3,(H2,28,30);1H. The van der Waals surface area contributed by atoms with Crippen LogP contribution in [0.5, 0.6) is 11.5 Å². The molecule has 3 aromatic rings. The highest BCUT2D eigenvalue weighted by Crippen LogP contribution is 2.51. The molecule has 0 bridgehead atoms. The lowest BCUT2D eigenvalue weighted by Gasteiger charge is -2.18. The van der Waals surface area contributed by atoms with Crippen molar-refractivity contribution in [2.24, 2.45) is 5.73 Å². The first kappa shape index (κ1) is 20.3. The molecule has 1 fully saturated rings. The van der Waals surface area contributed by atoms with Crippen molar-refractivity contribution in [1.29, 1.82) is 0 Å². The highest BCUT2D eigenvalue weighted by Gasteiger charge is 2.50. The number of nitrogens with two attached hydrogens (primary N) is 1. The van der Waals surface area contributed by atoms with Gasteiger partial charge in [-0.3, -0.25) is 9.59 Å². The van der Waals surface area contributed by atoms with Crippen LogP contribution in [-0.2, 0) is 16.6 Å². The summed E-state index contributed by atoms with van der Waals surface area (Å²) in [5.41, 5.74) is 11.7. The van der Waals surface area contributed by atoms with Gasteiger partial charge in [0, 0.05) is 13.4 Å². The third kappa shape index (κ3) is 3.44. The molecule has 1 amide bonds. The van der Waals surface area contributed by atoms with Gasteiger partial charge in [-0.15, -0.1) is 0 Å². The van der Waals surface area contributed by atoms with Crippen LogP contribution in [0.1, 0.15) is 46.9 Å². The van der Waals surface area contributed by atoms with Crippen LogP contribution in [0.4, 0.5) is 0 Å². The van der Waals surface area contributed by atoms with Crippen LogP contribution in [0.25, 0.3) is 11.1 Å². The number of benzene rings is 3. The average molecular weight is 430 g/mol. The summed E-state index contributed by atoms with van der Waals surface area (Å²) in [7, 11) is 0. The molecule has 1 heterocycles. The molecule has 0 atom stereocenters. The van der Waals surface area contributed by atoms with Crippen molar-refractivity contribution < 1.29 is 20.5 Å². The molecule has 0 unspecified atom stereocenters. The van der Waals surface area contributed by atoms with Gasteiger partial charge >= 0.3 is 0 Å². The van der Waals surface area contributed by atoms with Gasteiger partial charge in [-0.25, -0.2) is 0 Å². The first-order valence-corrected chi connectivity index (χ1v) is 10.8. The van der Waals surface area contributed by atoms with E-state index in [-0.39, 0.29) is 14.0 Å². The topological polar surface area (TPSA) is 78.6 Å². The zero-order valence-electron chi connectivity index (χ0n) is 18.2. The Morgan fingerprint density at radius 2 is 1.66 bits per heavy atom. The molecule has 5 nitrogen and oxygen atoms in total. The fourth-order valence-corrected chi connectivity index (χ4v) is 4.60. The van der Waals surface area contributed by atoms with E-state index < -0.39 is 11.3 Å². The number of fused-ring (bicyclic) bond motifs is 1. The molecule has 0 radical (unpaired) electrons. The lowest BCUT2D eigenvalue weighted by atomic mass is 9.85. The van der Waals surface area contributed by atoms with Gasteiger partial charge in [-0.1, -0.05) is 30.3 Å². The minimum absolute atomic E-state index is 0. The molecule has 2 N–H and O–H groups in total. The summed E-state index contributed by atoms with van der Waals surface area (Å²) in [6.45, 7) is 4.34. The van der Waals surface area contributed by atoms with Crippen molar-refractivity contribution in [1.82, 2.24) is 0 Å². The van der Waals surface area contributed by atoms with Crippen LogP contribution in [0.2, 0.25) is 0 Å². The quantitative estimate of drug-likeness (QED) is 0.605. The first-order chi connectivity index (χ1) is 15.4. The molecule has 5 heteroatoms. The molecule has 1 aliphatic heterocycles. The van der Waals surface area contributed by atoms with E-state index >= 15 is 0 Å². The molecule has 32 heavy (non-hydrogen) atoms. The molecule has 2 aliphatic rings. The second-order valence-corrected chi connectivity index (χ2v) is 8.79. The smallest absolute Gasteiger partial charge is 0.248 e. The van der Waals surface area contributed by atoms with Crippen LogP contribution in [0.3, 0.4) is 0 Å². The molecule has 0 saturated heterocycles. The SMILES string of the molecule is Cc1cc(C)c(-c2ccc(C(N)=O)cc2)cc1CC(=O)C1(c2ccc3c(c2)OCO3)CC1.[HH]. The van der Waals surface area contributed by atoms with E-state index in [9.17, 15) is 9.59 Å². The van der Waals surface area contributed by atoms with Crippen molar-refractivity contribution in [2.75, 3.05) is 6.79 Å². The third-order valence-electron chi connectivity index (χ3n) is 6.72. The van der Waals surface area contributed by atoms with Crippen LogP contribution < -0.4 is 15.2 Å². The molecule has 164 valence electrons. The number of hydrogen-bond donors (Lipinski definition) is 1. The summed E-state index contributed by atoms with van der Waals surface area (Å²) in [4.78, 5) is 24.9. The van der Waals surface area contributed by atoms with E-state index in [0.717, 1.165) is 57.7 Å². The van der Waals surface area contributed by atoms with E-state index in [4.69, 9.17) is 15.2 Å². The molecule has 0 spiro atoms. The van der Waals surface area contributed by atoms with Crippen LogP contribution in [0, 0.1) is 13.8 Å². The minimum atomic E-state index is -0.443. The van der Waals surface area contributed by atoms with Gasteiger partial charge in [0.25, 0.3) is 0 Å². The third-order valence-corrected chi connectivity index (χ3v) is 6.72.